The summed E-state index contributed by atoms with van der Waals surface area (Å²) in [5.74, 6) is -0.710. The first kappa shape index (κ1) is 15.4. The van der Waals surface area contributed by atoms with Crippen molar-refractivity contribution in [3.05, 3.63) is 0 Å². The van der Waals surface area contributed by atoms with E-state index in [4.69, 9.17) is 9.84 Å². The van der Waals surface area contributed by atoms with E-state index in [1.165, 1.54) is 0 Å². The molecule has 0 aromatic carbocycles. The highest BCUT2D eigenvalue weighted by molar-refractivity contribution is 5.67. The van der Waals surface area contributed by atoms with E-state index in [-0.39, 0.29) is 12.5 Å². The van der Waals surface area contributed by atoms with Crippen LogP contribution in [0.2, 0.25) is 0 Å². The van der Waals surface area contributed by atoms with Gasteiger partial charge in [-0.1, -0.05) is 20.3 Å². The SMILES string of the molecule is CCCC1CC(N(CC)C(C)CC(=O)O)CCO1. The van der Waals surface area contributed by atoms with Crippen LogP contribution in [0.4, 0.5) is 0 Å². The molecule has 1 saturated heterocycles. The molecule has 0 aliphatic carbocycles. The van der Waals surface area contributed by atoms with Crippen LogP contribution in [0.5, 0.6) is 0 Å². The summed E-state index contributed by atoms with van der Waals surface area (Å²) in [5.41, 5.74) is 0. The number of hydrogen-bond acceptors (Lipinski definition) is 3. The Morgan fingerprint density at radius 2 is 2.22 bits per heavy atom. The number of carboxylic acids is 1. The smallest absolute Gasteiger partial charge is 0.304 e. The first-order valence-electron chi connectivity index (χ1n) is 7.17. The van der Waals surface area contributed by atoms with Crippen LogP contribution >= 0.6 is 0 Å². The minimum atomic E-state index is -0.710. The highest BCUT2D eigenvalue weighted by Gasteiger charge is 2.29. The fraction of sp³-hybridized carbons (Fsp3) is 0.929. The number of carboxylic acid groups (broad SMARTS) is 1. The molecule has 4 heteroatoms. The van der Waals surface area contributed by atoms with Crippen molar-refractivity contribution in [3.8, 4) is 0 Å². The molecular formula is C14H27NO3. The van der Waals surface area contributed by atoms with Crippen molar-refractivity contribution in [3.63, 3.8) is 0 Å². The summed E-state index contributed by atoms with van der Waals surface area (Å²) in [6.07, 6.45) is 4.92. The second kappa shape index (κ2) is 7.74. The zero-order valence-electron chi connectivity index (χ0n) is 11.9. The summed E-state index contributed by atoms with van der Waals surface area (Å²) in [6.45, 7) is 8.03. The second-order valence-electron chi connectivity index (χ2n) is 5.24. The molecule has 1 rings (SSSR count). The normalized spacial score (nSPS) is 26.2. The molecule has 0 spiro atoms. The Morgan fingerprint density at radius 3 is 2.78 bits per heavy atom. The van der Waals surface area contributed by atoms with E-state index < -0.39 is 5.97 Å². The van der Waals surface area contributed by atoms with Gasteiger partial charge in [0.1, 0.15) is 0 Å². The lowest BCUT2D eigenvalue weighted by atomic mass is 9.97. The number of aliphatic carboxylic acids is 1. The van der Waals surface area contributed by atoms with Gasteiger partial charge in [-0.25, -0.2) is 0 Å². The third-order valence-electron chi connectivity index (χ3n) is 3.82. The third kappa shape index (κ3) is 4.58. The minimum Gasteiger partial charge on any atom is -0.481 e. The summed E-state index contributed by atoms with van der Waals surface area (Å²) >= 11 is 0. The van der Waals surface area contributed by atoms with Gasteiger partial charge in [0.05, 0.1) is 12.5 Å². The van der Waals surface area contributed by atoms with Crippen molar-refractivity contribution in [2.24, 2.45) is 0 Å². The molecule has 0 saturated carbocycles. The Kier molecular flexibility index (Phi) is 6.65. The number of rotatable bonds is 7. The topological polar surface area (TPSA) is 49.8 Å². The van der Waals surface area contributed by atoms with Crippen molar-refractivity contribution in [2.75, 3.05) is 13.2 Å². The van der Waals surface area contributed by atoms with Gasteiger partial charge in [0, 0.05) is 18.7 Å². The van der Waals surface area contributed by atoms with Crippen LogP contribution in [0.15, 0.2) is 0 Å². The Bertz CT molecular complexity index is 255. The number of carbonyl (C=O) groups is 1. The minimum absolute atomic E-state index is 0.109. The molecule has 106 valence electrons. The Hall–Kier alpha value is -0.610. The Morgan fingerprint density at radius 1 is 1.50 bits per heavy atom. The second-order valence-corrected chi connectivity index (χ2v) is 5.24. The highest BCUT2D eigenvalue weighted by Crippen LogP contribution is 2.24. The monoisotopic (exact) mass is 257 g/mol. The molecule has 1 aliphatic heterocycles. The van der Waals surface area contributed by atoms with E-state index in [2.05, 4.69) is 18.7 Å². The standard InChI is InChI=1S/C14H27NO3/c1-4-6-13-10-12(7-8-18-13)15(5-2)11(3)9-14(16)17/h11-13H,4-10H2,1-3H3,(H,16,17). The van der Waals surface area contributed by atoms with Crippen LogP contribution < -0.4 is 0 Å². The summed E-state index contributed by atoms with van der Waals surface area (Å²) < 4.78 is 5.76. The molecule has 0 amide bonds. The van der Waals surface area contributed by atoms with Gasteiger partial charge >= 0.3 is 5.97 Å². The Balaban J connectivity index is 2.55. The zero-order valence-corrected chi connectivity index (χ0v) is 11.9. The molecule has 3 atom stereocenters. The average Bonchev–Trinajstić information content (AvgIpc) is 2.30. The highest BCUT2D eigenvalue weighted by atomic mass is 16.5. The molecule has 3 unspecified atom stereocenters. The maximum atomic E-state index is 10.8. The van der Waals surface area contributed by atoms with Gasteiger partial charge in [-0.05, 0) is 32.7 Å². The van der Waals surface area contributed by atoms with E-state index in [0.717, 1.165) is 38.8 Å². The fourth-order valence-corrected chi connectivity index (χ4v) is 2.98. The predicted molar refractivity (Wildman–Crippen MR) is 71.8 cm³/mol. The van der Waals surface area contributed by atoms with Gasteiger partial charge in [-0.15, -0.1) is 0 Å². The van der Waals surface area contributed by atoms with Crippen molar-refractivity contribution in [1.29, 1.82) is 0 Å². The van der Waals surface area contributed by atoms with Crippen LogP contribution in [0, 0.1) is 0 Å². The summed E-state index contributed by atoms with van der Waals surface area (Å²) in [6, 6.07) is 0.590. The lowest BCUT2D eigenvalue weighted by Crippen LogP contribution is -2.47. The molecule has 18 heavy (non-hydrogen) atoms. The van der Waals surface area contributed by atoms with Crippen molar-refractivity contribution in [1.82, 2.24) is 4.90 Å². The van der Waals surface area contributed by atoms with Gasteiger partial charge in [0.15, 0.2) is 0 Å². The average molecular weight is 257 g/mol. The van der Waals surface area contributed by atoms with E-state index in [9.17, 15) is 4.79 Å². The van der Waals surface area contributed by atoms with Gasteiger partial charge in [-0.2, -0.15) is 0 Å². The summed E-state index contributed by atoms with van der Waals surface area (Å²) in [7, 11) is 0. The van der Waals surface area contributed by atoms with E-state index >= 15 is 0 Å². The molecular weight excluding hydrogens is 230 g/mol. The van der Waals surface area contributed by atoms with Gasteiger partial charge in [0.25, 0.3) is 0 Å². The van der Waals surface area contributed by atoms with Crippen molar-refractivity contribution < 1.29 is 14.6 Å². The molecule has 0 radical (unpaired) electrons. The van der Waals surface area contributed by atoms with Crippen LogP contribution in [-0.4, -0.2) is 47.3 Å². The van der Waals surface area contributed by atoms with Crippen LogP contribution in [0.1, 0.15) is 52.9 Å². The molecule has 0 aromatic heterocycles. The lowest BCUT2D eigenvalue weighted by Gasteiger charge is -2.40. The van der Waals surface area contributed by atoms with E-state index in [1.54, 1.807) is 0 Å². The van der Waals surface area contributed by atoms with Crippen molar-refractivity contribution in [2.45, 2.75) is 71.1 Å². The van der Waals surface area contributed by atoms with Crippen LogP contribution in [0.25, 0.3) is 0 Å². The van der Waals surface area contributed by atoms with Crippen LogP contribution in [-0.2, 0) is 9.53 Å². The van der Waals surface area contributed by atoms with E-state index in [1.807, 2.05) is 6.92 Å². The lowest BCUT2D eigenvalue weighted by molar-refractivity contribution is -0.138. The molecule has 1 heterocycles. The Labute approximate surface area is 110 Å². The zero-order chi connectivity index (χ0) is 13.5. The number of nitrogens with zero attached hydrogens (tertiary/aromatic N) is 1. The first-order chi connectivity index (χ1) is 8.58. The summed E-state index contributed by atoms with van der Waals surface area (Å²) in [4.78, 5) is 13.2. The summed E-state index contributed by atoms with van der Waals surface area (Å²) in [5, 5.41) is 8.91. The maximum absolute atomic E-state index is 10.8. The quantitative estimate of drug-likeness (QED) is 0.761. The largest absolute Gasteiger partial charge is 0.481 e. The van der Waals surface area contributed by atoms with E-state index in [0.29, 0.717) is 12.1 Å². The molecule has 4 nitrogen and oxygen atoms in total. The number of hydrogen-bond donors (Lipinski definition) is 1. The first-order valence-corrected chi connectivity index (χ1v) is 7.17. The molecule has 0 aromatic rings. The van der Waals surface area contributed by atoms with Gasteiger partial charge in [-0.3, -0.25) is 9.69 Å². The molecule has 1 fully saturated rings. The van der Waals surface area contributed by atoms with Crippen LogP contribution in [0.3, 0.4) is 0 Å². The predicted octanol–water partition coefficient (Wildman–Crippen LogP) is 2.52. The number of ether oxygens (including phenoxy) is 1. The van der Waals surface area contributed by atoms with Gasteiger partial charge in [0.2, 0.25) is 0 Å². The van der Waals surface area contributed by atoms with Crippen molar-refractivity contribution >= 4 is 5.97 Å². The third-order valence-corrected chi connectivity index (χ3v) is 3.82. The fourth-order valence-electron chi connectivity index (χ4n) is 2.98. The molecule has 1 aliphatic rings. The molecule has 1 N–H and O–H groups in total. The maximum Gasteiger partial charge on any atom is 0.304 e. The van der Waals surface area contributed by atoms with Gasteiger partial charge < -0.3 is 9.84 Å². The molecule has 0 bridgehead atoms.